The number of benzene rings is 2. The summed E-state index contributed by atoms with van der Waals surface area (Å²) in [6.45, 7) is 3.66. The highest BCUT2D eigenvalue weighted by Gasteiger charge is 2.28. The fourth-order valence-corrected chi connectivity index (χ4v) is 5.50. The molecular weight excluding hydrogens is 368 g/mol. The van der Waals surface area contributed by atoms with Crippen LogP contribution in [0.25, 0.3) is 0 Å². The molecule has 2 unspecified atom stereocenters. The molecule has 2 aromatic carbocycles. The Morgan fingerprint density at radius 1 is 0.800 bits per heavy atom. The highest BCUT2D eigenvalue weighted by atomic mass is 32.2. The minimum atomic E-state index is -3.19. The van der Waals surface area contributed by atoms with Gasteiger partial charge >= 0.3 is 0 Å². The first-order chi connectivity index (χ1) is 11.9. The first-order valence-electron chi connectivity index (χ1n) is 8.35. The van der Waals surface area contributed by atoms with Crippen LogP contribution in [0.3, 0.4) is 0 Å². The van der Waals surface area contributed by atoms with E-state index in [0.29, 0.717) is 12.8 Å². The summed E-state index contributed by atoms with van der Waals surface area (Å²) < 4.78 is 25.9. The van der Waals surface area contributed by atoms with Crippen LogP contribution in [0.5, 0.6) is 0 Å². The van der Waals surface area contributed by atoms with E-state index in [1.807, 2.05) is 50.6 Å². The lowest BCUT2D eigenvalue weighted by Crippen LogP contribution is -2.31. The van der Waals surface area contributed by atoms with Crippen LogP contribution >= 0.6 is 23.5 Å². The molecule has 2 aromatic rings. The maximum atomic E-state index is 12.9. The highest BCUT2D eigenvalue weighted by molar-refractivity contribution is 7.98. The second-order valence-electron chi connectivity index (χ2n) is 6.32. The van der Waals surface area contributed by atoms with Crippen molar-refractivity contribution in [2.45, 2.75) is 47.0 Å². The van der Waals surface area contributed by atoms with Crippen LogP contribution in [0.2, 0.25) is 0 Å². The van der Waals surface area contributed by atoms with E-state index in [-0.39, 0.29) is 10.5 Å². The number of thioether (sulfide) groups is 2. The third-order valence-electron chi connectivity index (χ3n) is 4.44. The van der Waals surface area contributed by atoms with Crippen molar-refractivity contribution in [3.8, 4) is 0 Å². The Morgan fingerprint density at radius 3 is 1.56 bits per heavy atom. The Kier molecular flexibility index (Phi) is 7.47. The van der Waals surface area contributed by atoms with E-state index in [4.69, 9.17) is 0 Å². The molecule has 0 fully saturated rings. The normalized spacial score (nSPS) is 14.2. The van der Waals surface area contributed by atoms with Crippen molar-refractivity contribution in [1.29, 1.82) is 0 Å². The molecule has 25 heavy (non-hydrogen) atoms. The van der Waals surface area contributed by atoms with E-state index < -0.39 is 9.84 Å². The molecule has 0 bridgehead atoms. The predicted molar refractivity (Wildman–Crippen MR) is 112 cm³/mol. The van der Waals surface area contributed by atoms with Crippen molar-refractivity contribution in [3.05, 3.63) is 59.7 Å². The minimum absolute atomic E-state index is 0.386. The van der Waals surface area contributed by atoms with Crippen LogP contribution in [0, 0.1) is 0 Å². The zero-order chi connectivity index (χ0) is 18.4. The molecule has 0 aliphatic carbocycles. The van der Waals surface area contributed by atoms with Crippen molar-refractivity contribution < 1.29 is 8.42 Å². The monoisotopic (exact) mass is 394 g/mol. The van der Waals surface area contributed by atoms with Gasteiger partial charge in [0.15, 0.2) is 9.84 Å². The van der Waals surface area contributed by atoms with Gasteiger partial charge in [-0.15, -0.1) is 23.5 Å². The van der Waals surface area contributed by atoms with Gasteiger partial charge < -0.3 is 0 Å². The predicted octanol–water partition coefficient (Wildman–Crippen LogP) is 5.11. The summed E-state index contributed by atoms with van der Waals surface area (Å²) in [6, 6.07) is 16.3. The minimum Gasteiger partial charge on any atom is -0.228 e. The smallest absolute Gasteiger partial charge is 0.156 e. The highest BCUT2D eigenvalue weighted by Crippen LogP contribution is 2.23. The molecule has 2 rings (SSSR count). The van der Waals surface area contributed by atoms with Gasteiger partial charge in [-0.1, -0.05) is 24.3 Å². The van der Waals surface area contributed by atoms with Crippen molar-refractivity contribution in [3.63, 3.8) is 0 Å². The van der Waals surface area contributed by atoms with E-state index in [0.717, 1.165) is 11.1 Å². The molecule has 0 heterocycles. The number of hydrogen-bond donors (Lipinski definition) is 0. The van der Waals surface area contributed by atoms with E-state index in [1.54, 1.807) is 23.5 Å². The van der Waals surface area contributed by atoms with Gasteiger partial charge in [-0.25, -0.2) is 8.42 Å². The topological polar surface area (TPSA) is 34.1 Å². The maximum absolute atomic E-state index is 12.9. The van der Waals surface area contributed by atoms with Gasteiger partial charge in [0.25, 0.3) is 0 Å². The van der Waals surface area contributed by atoms with Crippen LogP contribution in [0.4, 0.5) is 0 Å². The number of hydrogen-bond acceptors (Lipinski definition) is 4. The molecule has 0 N–H and O–H groups in total. The number of rotatable bonds is 8. The van der Waals surface area contributed by atoms with E-state index >= 15 is 0 Å². The summed E-state index contributed by atoms with van der Waals surface area (Å²) in [5, 5.41) is -0.772. The molecule has 0 amide bonds. The van der Waals surface area contributed by atoms with E-state index in [1.165, 1.54) is 9.79 Å². The molecular formula is C20H26O2S3. The molecule has 0 aliphatic heterocycles. The first kappa shape index (κ1) is 20.4. The average molecular weight is 395 g/mol. The Balaban J connectivity index is 2.09. The van der Waals surface area contributed by atoms with Crippen LogP contribution in [0.15, 0.2) is 58.3 Å². The van der Waals surface area contributed by atoms with Crippen LogP contribution in [0.1, 0.15) is 25.0 Å². The Morgan fingerprint density at radius 2 is 1.20 bits per heavy atom. The van der Waals surface area contributed by atoms with Gasteiger partial charge in [-0.2, -0.15) is 0 Å². The second kappa shape index (κ2) is 9.15. The third-order valence-corrected chi connectivity index (χ3v) is 8.46. The van der Waals surface area contributed by atoms with Crippen molar-refractivity contribution in [2.75, 3.05) is 12.5 Å². The molecule has 0 aromatic heterocycles. The maximum Gasteiger partial charge on any atom is 0.156 e. The zero-order valence-corrected chi connectivity index (χ0v) is 17.7. The lowest BCUT2D eigenvalue weighted by atomic mass is 10.1. The Labute approximate surface area is 160 Å². The van der Waals surface area contributed by atoms with Crippen LogP contribution in [-0.2, 0) is 22.7 Å². The first-order valence-corrected chi connectivity index (χ1v) is 12.4. The molecule has 0 saturated carbocycles. The van der Waals surface area contributed by atoms with Gasteiger partial charge in [0.2, 0.25) is 0 Å². The van der Waals surface area contributed by atoms with Crippen molar-refractivity contribution in [2.24, 2.45) is 0 Å². The molecule has 0 aliphatic rings. The molecule has 0 radical (unpaired) electrons. The van der Waals surface area contributed by atoms with Crippen molar-refractivity contribution in [1.82, 2.24) is 0 Å². The number of sulfone groups is 1. The summed E-state index contributed by atoms with van der Waals surface area (Å²) in [6.07, 6.45) is 5.19. The summed E-state index contributed by atoms with van der Waals surface area (Å²) in [4.78, 5) is 2.34. The summed E-state index contributed by atoms with van der Waals surface area (Å²) >= 11 is 3.36. The van der Waals surface area contributed by atoms with Gasteiger partial charge in [-0.3, -0.25) is 0 Å². The van der Waals surface area contributed by atoms with Crippen LogP contribution < -0.4 is 0 Å². The Bertz CT molecular complexity index is 739. The van der Waals surface area contributed by atoms with Crippen molar-refractivity contribution >= 4 is 33.4 Å². The molecule has 2 nitrogen and oxygen atoms in total. The summed E-state index contributed by atoms with van der Waals surface area (Å²) in [5.41, 5.74) is 2.17. The quantitative estimate of drug-likeness (QED) is 0.583. The van der Waals surface area contributed by atoms with E-state index in [9.17, 15) is 8.42 Å². The lowest BCUT2D eigenvalue weighted by molar-refractivity contribution is 0.568. The van der Waals surface area contributed by atoms with Gasteiger partial charge in [0.1, 0.15) is 0 Å². The second-order valence-corrected chi connectivity index (χ2v) is 10.9. The van der Waals surface area contributed by atoms with Gasteiger partial charge in [0.05, 0.1) is 10.5 Å². The average Bonchev–Trinajstić information content (AvgIpc) is 2.61. The Hall–Kier alpha value is -0.910. The van der Waals surface area contributed by atoms with Gasteiger partial charge in [-0.05, 0) is 74.6 Å². The SMILES string of the molecule is CSc1cccc(CC(C)S(=O)(=O)C(C)Cc2cccc(SC)c2)c1. The molecule has 136 valence electrons. The summed E-state index contributed by atoms with van der Waals surface area (Å²) in [5.74, 6) is 0. The fourth-order valence-electron chi connectivity index (χ4n) is 2.89. The van der Waals surface area contributed by atoms with Gasteiger partial charge in [0, 0.05) is 9.79 Å². The molecule has 5 heteroatoms. The molecule has 2 atom stereocenters. The standard InChI is InChI=1S/C20H26O2S3/c1-15(11-17-7-5-9-19(13-17)23-3)25(21,22)16(2)12-18-8-6-10-20(14-18)24-4/h5-10,13-16H,11-12H2,1-4H3. The fraction of sp³-hybridized carbons (Fsp3) is 0.400. The molecule has 0 spiro atoms. The zero-order valence-electron chi connectivity index (χ0n) is 15.2. The lowest BCUT2D eigenvalue weighted by Gasteiger charge is -2.19. The largest absolute Gasteiger partial charge is 0.228 e. The summed E-state index contributed by atoms with van der Waals surface area (Å²) in [7, 11) is -3.19. The van der Waals surface area contributed by atoms with Crippen LogP contribution in [-0.4, -0.2) is 31.4 Å². The van der Waals surface area contributed by atoms with E-state index in [2.05, 4.69) is 24.3 Å². The third kappa shape index (κ3) is 5.53. The molecule has 0 saturated heterocycles.